The topological polar surface area (TPSA) is 0 Å². The second-order valence-corrected chi connectivity index (χ2v) is 14.1. The van der Waals surface area contributed by atoms with Gasteiger partial charge in [-0.15, -0.1) is 0 Å². The molecule has 218 valence electrons. The minimum absolute atomic E-state index is 0. The zero-order chi connectivity index (χ0) is 29.4. The first-order valence-electron chi connectivity index (χ1n) is 14.5. The molecular formula is C41H35P2Rh. The van der Waals surface area contributed by atoms with Crippen LogP contribution < -0.4 is 31.8 Å². The molecule has 1 aliphatic rings. The van der Waals surface area contributed by atoms with E-state index in [2.05, 4.69) is 182 Å². The van der Waals surface area contributed by atoms with Crippen molar-refractivity contribution < 1.29 is 19.5 Å². The largest absolute Gasteiger partial charge is 0.0767 e. The van der Waals surface area contributed by atoms with E-state index in [1.807, 2.05) is 30.7 Å². The predicted molar refractivity (Wildman–Crippen MR) is 193 cm³/mol. The molecule has 7 rings (SSSR count). The Bertz CT molecular complexity index is 1340. The molecule has 1 aliphatic carbocycles. The van der Waals surface area contributed by atoms with Crippen molar-refractivity contribution in [2.24, 2.45) is 0 Å². The average molecular weight is 693 g/mol. The Kier molecular flexibility index (Phi) is 14.2. The molecule has 6 aromatic carbocycles. The van der Waals surface area contributed by atoms with Gasteiger partial charge in [0.05, 0.1) is 0 Å². The summed E-state index contributed by atoms with van der Waals surface area (Å²) in [4.78, 5) is 0. The van der Waals surface area contributed by atoms with Gasteiger partial charge in [0.2, 0.25) is 0 Å². The summed E-state index contributed by atoms with van der Waals surface area (Å²) in [7, 11) is -0.892. The molecule has 0 unspecified atom stereocenters. The van der Waals surface area contributed by atoms with Crippen molar-refractivity contribution in [1.82, 2.24) is 0 Å². The Hall–Kier alpha value is -3.72. The Labute approximate surface area is 278 Å². The van der Waals surface area contributed by atoms with E-state index in [-0.39, 0.29) is 19.5 Å². The van der Waals surface area contributed by atoms with E-state index in [4.69, 9.17) is 0 Å². The van der Waals surface area contributed by atoms with Crippen LogP contribution in [0.25, 0.3) is 0 Å². The van der Waals surface area contributed by atoms with Crippen molar-refractivity contribution in [2.45, 2.75) is 0 Å². The summed E-state index contributed by atoms with van der Waals surface area (Å²) < 4.78 is 0. The van der Waals surface area contributed by atoms with E-state index in [9.17, 15) is 0 Å². The van der Waals surface area contributed by atoms with E-state index in [0.29, 0.717) is 0 Å². The van der Waals surface area contributed by atoms with Gasteiger partial charge in [-0.05, 0) is 47.7 Å². The monoisotopic (exact) mass is 692 g/mol. The van der Waals surface area contributed by atoms with Crippen LogP contribution in [-0.4, -0.2) is 0 Å². The van der Waals surface area contributed by atoms with Crippen LogP contribution in [0.3, 0.4) is 0 Å². The van der Waals surface area contributed by atoms with Gasteiger partial charge >= 0.3 is 0 Å². The molecule has 0 saturated carbocycles. The fourth-order valence-electron chi connectivity index (χ4n) is 4.68. The van der Waals surface area contributed by atoms with Crippen molar-refractivity contribution >= 4 is 47.7 Å². The Morgan fingerprint density at radius 1 is 0.227 bits per heavy atom. The van der Waals surface area contributed by atoms with Crippen molar-refractivity contribution in [3.63, 3.8) is 0 Å². The van der Waals surface area contributed by atoms with Crippen LogP contribution in [0.2, 0.25) is 0 Å². The second-order valence-electron chi connectivity index (χ2n) is 9.65. The third kappa shape index (κ3) is 9.91. The summed E-state index contributed by atoms with van der Waals surface area (Å²) in [6.45, 7) is 0. The number of rotatable bonds is 6. The smallest absolute Gasteiger partial charge is 0.00506 e. The van der Waals surface area contributed by atoms with Gasteiger partial charge in [0.15, 0.2) is 0 Å². The molecular weight excluding hydrogens is 657 g/mol. The first-order valence-corrected chi connectivity index (χ1v) is 17.2. The second kappa shape index (κ2) is 18.8. The summed E-state index contributed by atoms with van der Waals surface area (Å²) in [6.07, 6.45) is 10.0. The van der Waals surface area contributed by atoms with Gasteiger partial charge in [-0.1, -0.05) is 206 Å². The van der Waals surface area contributed by atoms with Gasteiger partial charge in [-0.25, -0.2) is 0 Å². The Morgan fingerprint density at radius 2 is 0.409 bits per heavy atom. The maximum Gasteiger partial charge on any atom is 0.00506 e. The van der Waals surface area contributed by atoms with Gasteiger partial charge in [0, 0.05) is 25.9 Å². The standard InChI is InChI=1S/2C18H15P.C5H5.Rh/c2*1-4-10-16(11-5-1)19(17-12-6-2-7-13-17)18-14-8-3-9-15-18;1-2-4-5-3-1;/h2*1-15H;1-5H;. The van der Waals surface area contributed by atoms with Crippen LogP contribution in [0, 0.1) is 6.42 Å². The summed E-state index contributed by atoms with van der Waals surface area (Å²) >= 11 is 0. The molecule has 0 saturated heterocycles. The van der Waals surface area contributed by atoms with Gasteiger partial charge in [0.1, 0.15) is 0 Å². The van der Waals surface area contributed by atoms with Crippen LogP contribution in [0.1, 0.15) is 0 Å². The summed E-state index contributed by atoms with van der Waals surface area (Å²) in [5.41, 5.74) is 0. The number of benzene rings is 6. The molecule has 6 aromatic rings. The first-order chi connectivity index (χ1) is 21.4. The Balaban J connectivity index is 0.000000170. The van der Waals surface area contributed by atoms with E-state index >= 15 is 0 Å². The van der Waals surface area contributed by atoms with Crippen LogP contribution in [0.4, 0.5) is 0 Å². The number of hydrogen-bond donors (Lipinski definition) is 0. The molecule has 3 heteroatoms. The van der Waals surface area contributed by atoms with Gasteiger partial charge in [-0.2, -0.15) is 0 Å². The van der Waals surface area contributed by atoms with Crippen molar-refractivity contribution in [2.75, 3.05) is 0 Å². The molecule has 0 atom stereocenters. The molecule has 0 aliphatic heterocycles. The zero-order valence-corrected chi connectivity index (χ0v) is 27.9. The first kappa shape index (κ1) is 33.2. The fraction of sp³-hybridized carbons (Fsp3) is 0. The summed E-state index contributed by atoms with van der Waals surface area (Å²) in [6, 6.07) is 64.7. The average Bonchev–Trinajstić information content (AvgIpc) is 3.69. The quantitative estimate of drug-likeness (QED) is 0.122. The van der Waals surface area contributed by atoms with Crippen LogP contribution in [0.5, 0.6) is 0 Å². The molecule has 0 heterocycles. The Morgan fingerprint density at radius 3 is 0.545 bits per heavy atom. The molecule has 44 heavy (non-hydrogen) atoms. The summed E-state index contributed by atoms with van der Waals surface area (Å²) in [5.74, 6) is 0. The minimum atomic E-state index is -0.446. The molecule has 2 radical (unpaired) electrons. The third-order valence-corrected chi connectivity index (χ3v) is 11.5. The SMILES string of the molecule is [CH]1C=CC=C1.[Rh].c1ccc(P(c2ccccc2)c2ccccc2)cc1.c1ccc(P(c2ccccc2)c2ccccc2)cc1. The van der Waals surface area contributed by atoms with E-state index in [0.717, 1.165) is 0 Å². The van der Waals surface area contributed by atoms with Gasteiger partial charge < -0.3 is 0 Å². The minimum Gasteiger partial charge on any atom is -0.0767 e. The maximum atomic E-state index is 2.23. The van der Waals surface area contributed by atoms with E-state index in [1.165, 1.54) is 31.8 Å². The van der Waals surface area contributed by atoms with Crippen LogP contribution >= 0.6 is 15.8 Å². The molecule has 0 N–H and O–H groups in total. The zero-order valence-electron chi connectivity index (χ0n) is 24.4. The number of hydrogen-bond acceptors (Lipinski definition) is 0. The predicted octanol–water partition coefficient (Wildman–Crippen LogP) is 8.20. The van der Waals surface area contributed by atoms with Crippen molar-refractivity contribution in [3.8, 4) is 0 Å². The normalized spacial score (nSPS) is 11.1. The molecule has 0 fully saturated rings. The molecule has 0 amide bonds. The van der Waals surface area contributed by atoms with Crippen molar-refractivity contribution in [3.05, 3.63) is 213 Å². The third-order valence-electron chi connectivity index (χ3n) is 6.64. The van der Waals surface area contributed by atoms with Gasteiger partial charge in [-0.3, -0.25) is 0 Å². The fourth-order valence-corrected chi connectivity index (χ4v) is 9.29. The maximum absolute atomic E-state index is 2.23. The number of allylic oxidation sites excluding steroid dienone is 4. The van der Waals surface area contributed by atoms with Crippen LogP contribution in [0.15, 0.2) is 206 Å². The van der Waals surface area contributed by atoms with Gasteiger partial charge in [0.25, 0.3) is 0 Å². The van der Waals surface area contributed by atoms with Crippen molar-refractivity contribution in [1.29, 1.82) is 0 Å². The van der Waals surface area contributed by atoms with E-state index < -0.39 is 15.8 Å². The molecule has 0 bridgehead atoms. The molecule has 0 aromatic heterocycles. The molecule has 0 spiro atoms. The van der Waals surface area contributed by atoms with Crippen LogP contribution in [-0.2, 0) is 19.5 Å². The summed E-state index contributed by atoms with van der Waals surface area (Å²) in [5, 5.41) is 8.39. The van der Waals surface area contributed by atoms with E-state index in [1.54, 1.807) is 0 Å². The molecule has 0 nitrogen and oxygen atoms in total.